The minimum Gasteiger partial charge on any atom is -0.510 e. The van der Waals surface area contributed by atoms with Crippen molar-refractivity contribution < 1.29 is 14.8 Å². The molecule has 0 radical (unpaired) electrons. The van der Waals surface area contributed by atoms with E-state index in [2.05, 4.69) is 25.5 Å². The van der Waals surface area contributed by atoms with Gasteiger partial charge in [-0.15, -0.1) is 10.2 Å². The lowest BCUT2D eigenvalue weighted by atomic mass is 10.2. The minimum atomic E-state index is -0.803. The number of nitro benzene ring substituents is 1. The zero-order valence-corrected chi connectivity index (χ0v) is 15.5. The molecule has 1 amide bonds. The van der Waals surface area contributed by atoms with Gasteiger partial charge in [-0.3, -0.25) is 14.9 Å². The predicted octanol–water partition coefficient (Wildman–Crippen LogP) is 3.93. The van der Waals surface area contributed by atoms with Gasteiger partial charge in [0.05, 0.1) is 16.0 Å². The highest BCUT2D eigenvalue weighted by Crippen LogP contribution is 2.31. The second-order valence-corrected chi connectivity index (χ2v) is 6.25. The van der Waals surface area contributed by atoms with E-state index < -0.39 is 33.7 Å². The number of rotatable bonds is 5. The summed E-state index contributed by atoms with van der Waals surface area (Å²) in [6, 6.07) is 8.37. The molecule has 0 atom stereocenters. The summed E-state index contributed by atoms with van der Waals surface area (Å²) in [6.45, 7) is 1.22. The number of nitrogens with zero attached hydrogens (tertiary/aromatic N) is 3. The highest BCUT2D eigenvalue weighted by molar-refractivity contribution is 6.30. The molecule has 3 rings (SSSR count). The zero-order valence-electron chi connectivity index (χ0n) is 14.8. The van der Waals surface area contributed by atoms with E-state index in [0.717, 1.165) is 6.07 Å². The van der Waals surface area contributed by atoms with Crippen LogP contribution in [0.4, 0.5) is 17.1 Å². The summed E-state index contributed by atoms with van der Waals surface area (Å²) in [4.78, 5) is 39.3. The first-order valence-corrected chi connectivity index (χ1v) is 8.41. The molecule has 4 N–H and O–H groups in total. The Morgan fingerprint density at radius 2 is 1.93 bits per heavy atom. The lowest BCUT2D eigenvalue weighted by Gasteiger charge is -2.06. The summed E-state index contributed by atoms with van der Waals surface area (Å²) in [7, 11) is 0. The van der Waals surface area contributed by atoms with Crippen molar-refractivity contribution in [2.45, 2.75) is 6.92 Å². The van der Waals surface area contributed by atoms with Gasteiger partial charge < -0.3 is 20.4 Å². The number of carbonyl (C=O) groups excluding carboxylic acids is 1. The van der Waals surface area contributed by atoms with Crippen molar-refractivity contribution in [1.82, 2.24) is 9.97 Å². The Kier molecular flexibility index (Phi) is 5.41. The Morgan fingerprint density at radius 1 is 1.21 bits per heavy atom. The van der Waals surface area contributed by atoms with E-state index in [4.69, 9.17) is 11.6 Å². The van der Waals surface area contributed by atoms with Crippen molar-refractivity contribution in [3.05, 3.63) is 73.5 Å². The standard InChI is InChI=1S/C17H13ClN6O5/c1-8(25)15(23-22-12-4-2-9(18)6-14(12)24(28)29)16(26)19-10-3-5-11-13(7-10)21-17(27)20-11/h2-7,25H,1H3,(H,19,26)(H2,20,21,27). The SMILES string of the molecule is CC(O)=C(N=Nc1ccc(Cl)cc1[N+](=O)[O-])C(=O)Nc1ccc2[nH]c(=O)[nH]c2c1. The normalized spacial score (nSPS) is 12.2. The third-order valence-electron chi connectivity index (χ3n) is 3.72. The number of nitrogens with one attached hydrogen (secondary N) is 3. The lowest BCUT2D eigenvalue weighted by molar-refractivity contribution is -0.384. The molecular formula is C17H13ClN6O5. The predicted molar refractivity (Wildman–Crippen MR) is 106 cm³/mol. The smallest absolute Gasteiger partial charge is 0.323 e. The third kappa shape index (κ3) is 4.47. The molecule has 11 nitrogen and oxygen atoms in total. The maximum absolute atomic E-state index is 12.5. The van der Waals surface area contributed by atoms with Gasteiger partial charge in [0.1, 0.15) is 5.76 Å². The average molecular weight is 417 g/mol. The molecule has 0 aliphatic heterocycles. The van der Waals surface area contributed by atoms with Gasteiger partial charge in [-0.1, -0.05) is 11.6 Å². The van der Waals surface area contributed by atoms with Crippen LogP contribution in [0.3, 0.4) is 0 Å². The molecule has 0 saturated carbocycles. The molecule has 0 fully saturated rings. The summed E-state index contributed by atoms with van der Waals surface area (Å²) in [5.41, 5.74) is -0.0419. The number of carbonyl (C=O) groups is 1. The molecule has 1 aromatic heterocycles. The molecule has 0 unspecified atom stereocenters. The van der Waals surface area contributed by atoms with Crippen LogP contribution in [0.5, 0.6) is 0 Å². The molecule has 1 heterocycles. The first-order chi connectivity index (χ1) is 13.7. The van der Waals surface area contributed by atoms with E-state index in [-0.39, 0.29) is 10.7 Å². The van der Waals surface area contributed by atoms with Crippen molar-refractivity contribution in [1.29, 1.82) is 0 Å². The largest absolute Gasteiger partial charge is 0.510 e. The molecule has 0 aliphatic rings. The topological polar surface area (TPSA) is 166 Å². The maximum Gasteiger partial charge on any atom is 0.323 e. The van der Waals surface area contributed by atoms with E-state index >= 15 is 0 Å². The number of H-pyrrole nitrogens is 2. The number of fused-ring (bicyclic) bond motifs is 1. The fraction of sp³-hybridized carbons (Fsp3) is 0.0588. The van der Waals surface area contributed by atoms with Crippen LogP contribution in [0.2, 0.25) is 5.02 Å². The number of hydrogen-bond acceptors (Lipinski definition) is 7. The number of azo groups is 1. The summed E-state index contributed by atoms with van der Waals surface area (Å²) in [6.07, 6.45) is 0. The molecule has 0 aliphatic carbocycles. The summed E-state index contributed by atoms with van der Waals surface area (Å²) >= 11 is 5.74. The minimum absolute atomic E-state index is 0.140. The Hall–Kier alpha value is -3.99. The van der Waals surface area contributed by atoms with Crippen LogP contribution in [0, 0.1) is 10.1 Å². The molecule has 12 heteroatoms. The Morgan fingerprint density at radius 3 is 2.62 bits per heavy atom. The van der Waals surface area contributed by atoms with Gasteiger partial charge in [0, 0.05) is 16.8 Å². The fourth-order valence-corrected chi connectivity index (χ4v) is 2.58. The highest BCUT2D eigenvalue weighted by Gasteiger charge is 2.17. The third-order valence-corrected chi connectivity index (χ3v) is 3.96. The second-order valence-electron chi connectivity index (χ2n) is 5.82. The first-order valence-electron chi connectivity index (χ1n) is 8.03. The number of amides is 1. The van der Waals surface area contributed by atoms with Crippen LogP contribution < -0.4 is 11.0 Å². The van der Waals surface area contributed by atoms with Crippen molar-refractivity contribution in [2.75, 3.05) is 5.32 Å². The molecule has 2 aromatic carbocycles. The van der Waals surface area contributed by atoms with E-state index in [1.165, 1.54) is 31.2 Å². The van der Waals surface area contributed by atoms with Crippen LogP contribution in [0.1, 0.15) is 6.92 Å². The van der Waals surface area contributed by atoms with E-state index in [1.807, 2.05) is 0 Å². The van der Waals surface area contributed by atoms with Gasteiger partial charge in [-0.2, -0.15) is 0 Å². The molecule has 0 saturated heterocycles. The van der Waals surface area contributed by atoms with Gasteiger partial charge in [0.2, 0.25) is 0 Å². The average Bonchev–Trinajstić information content (AvgIpc) is 3.01. The van der Waals surface area contributed by atoms with Crippen LogP contribution >= 0.6 is 11.6 Å². The molecule has 148 valence electrons. The maximum atomic E-state index is 12.5. The summed E-state index contributed by atoms with van der Waals surface area (Å²) < 4.78 is 0. The van der Waals surface area contributed by atoms with Crippen LogP contribution in [0.25, 0.3) is 11.0 Å². The number of anilines is 1. The van der Waals surface area contributed by atoms with Crippen molar-refractivity contribution >= 4 is 45.6 Å². The van der Waals surface area contributed by atoms with Crippen molar-refractivity contribution in [3.63, 3.8) is 0 Å². The zero-order chi connectivity index (χ0) is 21.1. The number of allylic oxidation sites excluding steroid dienone is 1. The van der Waals surface area contributed by atoms with Crippen LogP contribution in [0.15, 0.2) is 62.9 Å². The number of hydrogen-bond donors (Lipinski definition) is 4. The fourth-order valence-electron chi connectivity index (χ4n) is 2.41. The summed E-state index contributed by atoms with van der Waals surface area (Å²) in [5, 5.41) is 30.9. The van der Waals surface area contributed by atoms with Crippen LogP contribution in [-0.2, 0) is 4.79 Å². The highest BCUT2D eigenvalue weighted by atomic mass is 35.5. The number of halogens is 1. The number of nitro groups is 1. The van der Waals surface area contributed by atoms with E-state index in [1.54, 1.807) is 6.07 Å². The van der Waals surface area contributed by atoms with Gasteiger partial charge in [-0.05, 0) is 37.3 Å². The van der Waals surface area contributed by atoms with Gasteiger partial charge in [0.25, 0.3) is 11.6 Å². The monoisotopic (exact) mass is 416 g/mol. The van der Waals surface area contributed by atoms with E-state index in [9.17, 15) is 24.8 Å². The quantitative estimate of drug-likeness (QED) is 0.162. The number of benzene rings is 2. The number of aromatic amines is 2. The number of imidazole rings is 1. The van der Waals surface area contributed by atoms with Gasteiger partial charge in [-0.25, -0.2) is 4.79 Å². The lowest BCUT2D eigenvalue weighted by Crippen LogP contribution is -2.14. The molecular weight excluding hydrogens is 404 g/mol. The second kappa shape index (κ2) is 7.94. The van der Waals surface area contributed by atoms with Gasteiger partial charge in [0.15, 0.2) is 11.4 Å². The Bertz CT molecular complexity index is 1240. The molecule has 3 aromatic rings. The number of aliphatic hydroxyl groups is 1. The Labute approximate surface area is 166 Å². The number of aromatic nitrogens is 2. The van der Waals surface area contributed by atoms with E-state index in [0.29, 0.717) is 16.7 Å². The van der Waals surface area contributed by atoms with Crippen molar-refractivity contribution in [3.8, 4) is 0 Å². The van der Waals surface area contributed by atoms with Crippen LogP contribution in [-0.4, -0.2) is 25.9 Å². The van der Waals surface area contributed by atoms with Gasteiger partial charge >= 0.3 is 5.69 Å². The first kappa shape index (κ1) is 19.8. The number of aliphatic hydroxyl groups excluding tert-OH is 1. The summed E-state index contributed by atoms with van der Waals surface area (Å²) in [5.74, 6) is -1.25. The Balaban J connectivity index is 1.87. The molecule has 0 bridgehead atoms. The molecule has 29 heavy (non-hydrogen) atoms. The van der Waals surface area contributed by atoms with Crippen molar-refractivity contribution in [2.24, 2.45) is 10.2 Å². The molecule has 0 spiro atoms.